The first-order chi connectivity index (χ1) is 9.56. The number of hydrogen-bond donors (Lipinski definition) is 2. The van der Waals surface area contributed by atoms with Gasteiger partial charge in [-0.05, 0) is 27.2 Å². The highest BCUT2D eigenvalue weighted by Gasteiger charge is 2.27. The van der Waals surface area contributed by atoms with E-state index in [9.17, 15) is 14.7 Å². The van der Waals surface area contributed by atoms with Gasteiger partial charge in [-0.3, -0.25) is 4.79 Å². The summed E-state index contributed by atoms with van der Waals surface area (Å²) in [6.45, 7) is 7.30. The van der Waals surface area contributed by atoms with E-state index in [4.69, 9.17) is 4.74 Å². The predicted molar refractivity (Wildman–Crippen MR) is 82.0 cm³/mol. The highest BCUT2D eigenvalue weighted by Crippen LogP contribution is 2.11. The molecule has 6 heteroatoms. The number of nitrogens with one attached hydrogen (secondary N) is 1. The molecule has 2 N–H and O–H groups in total. The van der Waals surface area contributed by atoms with Gasteiger partial charge in [-0.25, -0.2) is 4.79 Å². The number of hydrogen-bond acceptors (Lipinski definition) is 4. The van der Waals surface area contributed by atoms with Crippen molar-refractivity contribution in [2.75, 3.05) is 14.1 Å². The maximum atomic E-state index is 12.1. The largest absolute Gasteiger partial charge is 0.444 e. The number of ether oxygens (including phenoxy) is 1. The van der Waals surface area contributed by atoms with Crippen LogP contribution >= 0.6 is 0 Å². The molecule has 0 aromatic rings. The molecule has 0 aromatic heterocycles. The molecule has 2 amide bonds. The van der Waals surface area contributed by atoms with Gasteiger partial charge in [0.15, 0.2) is 0 Å². The van der Waals surface area contributed by atoms with E-state index in [1.807, 2.05) is 6.92 Å². The van der Waals surface area contributed by atoms with Crippen molar-refractivity contribution >= 4 is 12.0 Å². The number of rotatable bonds is 7. The summed E-state index contributed by atoms with van der Waals surface area (Å²) >= 11 is 0. The van der Waals surface area contributed by atoms with Crippen LogP contribution in [0.4, 0.5) is 4.79 Å². The van der Waals surface area contributed by atoms with Crippen molar-refractivity contribution in [3.8, 4) is 0 Å². The Morgan fingerprint density at radius 2 is 1.86 bits per heavy atom. The number of carbonyl (C=O) groups is 2. The van der Waals surface area contributed by atoms with E-state index in [0.717, 1.165) is 12.8 Å². The van der Waals surface area contributed by atoms with Gasteiger partial charge in [0.05, 0.1) is 6.10 Å². The van der Waals surface area contributed by atoms with E-state index < -0.39 is 23.8 Å². The molecule has 124 valence electrons. The number of unbranched alkanes of at least 4 members (excludes halogenated alkanes) is 1. The predicted octanol–water partition coefficient (Wildman–Crippen LogP) is 1.91. The minimum Gasteiger partial charge on any atom is -0.444 e. The minimum absolute atomic E-state index is 0.191. The van der Waals surface area contributed by atoms with Gasteiger partial charge in [-0.1, -0.05) is 19.8 Å². The Hall–Kier alpha value is -1.30. The Morgan fingerprint density at radius 3 is 2.29 bits per heavy atom. The summed E-state index contributed by atoms with van der Waals surface area (Å²) in [5, 5.41) is 12.5. The summed E-state index contributed by atoms with van der Waals surface area (Å²) in [5.74, 6) is -0.253. The fourth-order valence-corrected chi connectivity index (χ4v) is 1.81. The second-order valence-electron chi connectivity index (χ2n) is 6.46. The highest BCUT2D eigenvalue weighted by molar-refractivity contribution is 5.85. The van der Waals surface area contributed by atoms with Crippen LogP contribution in [0.3, 0.4) is 0 Å². The Morgan fingerprint density at radius 1 is 1.29 bits per heavy atom. The highest BCUT2D eigenvalue weighted by atomic mass is 16.6. The Labute approximate surface area is 127 Å². The first-order valence-corrected chi connectivity index (χ1v) is 7.45. The Bertz CT molecular complexity index is 337. The third-order valence-corrected chi connectivity index (χ3v) is 2.83. The van der Waals surface area contributed by atoms with Crippen LogP contribution in [0.1, 0.15) is 53.4 Å². The lowest BCUT2D eigenvalue weighted by molar-refractivity contribution is -0.131. The summed E-state index contributed by atoms with van der Waals surface area (Å²) in [4.78, 5) is 25.3. The van der Waals surface area contributed by atoms with Crippen LogP contribution in [0.15, 0.2) is 0 Å². The molecule has 0 fully saturated rings. The van der Waals surface area contributed by atoms with Crippen LogP contribution in [0.25, 0.3) is 0 Å². The topological polar surface area (TPSA) is 78.9 Å². The maximum absolute atomic E-state index is 12.1. The second-order valence-corrected chi connectivity index (χ2v) is 6.46. The fourth-order valence-electron chi connectivity index (χ4n) is 1.81. The summed E-state index contributed by atoms with van der Waals surface area (Å²) in [5.41, 5.74) is -0.628. The zero-order chi connectivity index (χ0) is 16.6. The van der Waals surface area contributed by atoms with Gasteiger partial charge in [0.25, 0.3) is 0 Å². The van der Waals surface area contributed by atoms with Gasteiger partial charge in [0.2, 0.25) is 5.91 Å². The average molecular weight is 302 g/mol. The standard InChI is InChI=1S/C15H30N2O4/c1-7-8-9-11(18)10-12(13(19)17(5)6)16-14(20)21-15(2,3)4/h11-12,18H,7-10H2,1-6H3,(H,16,20)/t11-,12-/m1/s1. The summed E-state index contributed by atoms with van der Waals surface area (Å²) in [6.07, 6.45) is 1.40. The molecule has 6 nitrogen and oxygen atoms in total. The van der Waals surface area contributed by atoms with Crippen LogP contribution < -0.4 is 5.32 Å². The van der Waals surface area contributed by atoms with Gasteiger partial charge >= 0.3 is 6.09 Å². The number of nitrogens with zero attached hydrogens (tertiary/aromatic N) is 1. The molecule has 0 bridgehead atoms. The summed E-state index contributed by atoms with van der Waals surface area (Å²) in [6, 6.07) is -0.776. The molecule has 0 aliphatic rings. The Kier molecular flexibility index (Phi) is 8.32. The second kappa shape index (κ2) is 8.87. The van der Waals surface area contributed by atoms with Crippen molar-refractivity contribution < 1.29 is 19.4 Å². The minimum atomic E-state index is -0.776. The molecule has 0 unspecified atom stereocenters. The van der Waals surface area contributed by atoms with E-state index in [0.29, 0.717) is 6.42 Å². The molecular formula is C15H30N2O4. The maximum Gasteiger partial charge on any atom is 0.408 e. The van der Waals surface area contributed by atoms with Crippen LogP contribution in [-0.4, -0.2) is 53.8 Å². The molecule has 2 atom stereocenters. The lowest BCUT2D eigenvalue weighted by atomic mass is 10.0. The third-order valence-electron chi connectivity index (χ3n) is 2.83. The van der Waals surface area contributed by atoms with Crippen molar-refractivity contribution in [1.82, 2.24) is 10.2 Å². The smallest absolute Gasteiger partial charge is 0.408 e. The third kappa shape index (κ3) is 9.28. The van der Waals surface area contributed by atoms with Crippen molar-refractivity contribution in [3.05, 3.63) is 0 Å². The van der Waals surface area contributed by atoms with Crippen molar-refractivity contribution in [1.29, 1.82) is 0 Å². The molecule has 0 aliphatic carbocycles. The van der Waals surface area contributed by atoms with E-state index in [2.05, 4.69) is 5.32 Å². The lowest BCUT2D eigenvalue weighted by Crippen LogP contribution is -2.49. The number of carbonyl (C=O) groups excluding carboxylic acids is 2. The van der Waals surface area contributed by atoms with E-state index >= 15 is 0 Å². The molecule has 0 saturated carbocycles. The monoisotopic (exact) mass is 302 g/mol. The molecule has 0 aliphatic heterocycles. The fraction of sp³-hybridized carbons (Fsp3) is 0.867. The van der Waals surface area contributed by atoms with Crippen LogP contribution in [0.2, 0.25) is 0 Å². The lowest BCUT2D eigenvalue weighted by Gasteiger charge is -2.26. The van der Waals surface area contributed by atoms with Gasteiger partial charge < -0.3 is 20.1 Å². The number of amides is 2. The van der Waals surface area contributed by atoms with Gasteiger partial charge in [-0.15, -0.1) is 0 Å². The molecule has 0 heterocycles. The van der Waals surface area contributed by atoms with Crippen LogP contribution in [0, 0.1) is 0 Å². The molecule has 0 radical (unpaired) electrons. The zero-order valence-corrected chi connectivity index (χ0v) is 14.1. The number of aliphatic hydroxyl groups is 1. The normalized spacial score (nSPS) is 14.2. The summed E-state index contributed by atoms with van der Waals surface area (Å²) in [7, 11) is 3.23. The van der Waals surface area contributed by atoms with E-state index in [1.165, 1.54) is 4.90 Å². The molecule has 0 aromatic carbocycles. The zero-order valence-electron chi connectivity index (χ0n) is 14.1. The van der Waals surface area contributed by atoms with E-state index in [-0.39, 0.29) is 12.3 Å². The van der Waals surface area contributed by atoms with Crippen LogP contribution in [0.5, 0.6) is 0 Å². The van der Waals surface area contributed by atoms with Crippen molar-refractivity contribution in [2.45, 2.75) is 71.1 Å². The van der Waals surface area contributed by atoms with Crippen molar-refractivity contribution in [3.63, 3.8) is 0 Å². The van der Waals surface area contributed by atoms with Gasteiger partial charge in [-0.2, -0.15) is 0 Å². The number of alkyl carbamates (subject to hydrolysis) is 1. The van der Waals surface area contributed by atoms with Gasteiger partial charge in [0.1, 0.15) is 11.6 Å². The van der Waals surface area contributed by atoms with Crippen molar-refractivity contribution in [2.24, 2.45) is 0 Å². The number of likely N-dealkylation sites (N-methyl/N-ethyl adjacent to an activating group) is 1. The molecule has 0 spiro atoms. The summed E-state index contributed by atoms with van der Waals surface area (Å²) < 4.78 is 5.16. The Balaban J connectivity index is 4.67. The molecule has 0 rings (SSSR count). The SMILES string of the molecule is CCCC[C@@H](O)C[C@@H](NC(=O)OC(C)(C)C)C(=O)N(C)C. The quantitative estimate of drug-likeness (QED) is 0.753. The molecule has 0 saturated heterocycles. The molecular weight excluding hydrogens is 272 g/mol. The number of aliphatic hydroxyl groups excluding tert-OH is 1. The average Bonchev–Trinajstić information content (AvgIpc) is 2.32. The first kappa shape index (κ1) is 19.7. The van der Waals surface area contributed by atoms with Crippen LogP contribution in [-0.2, 0) is 9.53 Å². The molecule has 21 heavy (non-hydrogen) atoms. The first-order valence-electron chi connectivity index (χ1n) is 7.45. The van der Waals surface area contributed by atoms with E-state index in [1.54, 1.807) is 34.9 Å². The van der Waals surface area contributed by atoms with Gasteiger partial charge in [0, 0.05) is 20.5 Å².